The van der Waals surface area contributed by atoms with E-state index in [9.17, 15) is 43.5 Å². The quantitative estimate of drug-likeness (QED) is 0.0352. The number of hydrogen-bond acceptors (Lipinski definition) is 11. The van der Waals surface area contributed by atoms with E-state index in [-0.39, 0.29) is 57.4 Å². The molecule has 1 aliphatic heterocycles. The van der Waals surface area contributed by atoms with Crippen molar-refractivity contribution in [1.82, 2.24) is 56.7 Å². The summed E-state index contributed by atoms with van der Waals surface area (Å²) in [6.07, 6.45) is 4.97. The van der Waals surface area contributed by atoms with Crippen LogP contribution in [0.5, 0.6) is 0 Å². The number of amides is 8. The summed E-state index contributed by atoms with van der Waals surface area (Å²) in [7, 11) is 0. The Morgan fingerprint density at radius 3 is 1.64 bits per heavy atom. The lowest BCUT2D eigenvalue weighted by Crippen LogP contribution is -2.60. The normalized spacial score (nSPS) is 16.0. The molecule has 5 aromatic rings. The highest BCUT2D eigenvalue weighted by Crippen LogP contribution is 2.21. The Labute approximate surface area is 435 Å². The van der Waals surface area contributed by atoms with Gasteiger partial charge in [-0.25, -0.2) is 9.97 Å². The molecule has 8 amide bonds. The average Bonchev–Trinajstić information content (AvgIpc) is 4.21. The molecule has 8 atom stereocenters. The molecule has 21 nitrogen and oxygen atoms in total. The summed E-state index contributed by atoms with van der Waals surface area (Å²) in [6.45, 7) is 5.25. The van der Waals surface area contributed by atoms with E-state index < -0.39 is 102 Å². The van der Waals surface area contributed by atoms with E-state index in [0.717, 1.165) is 5.56 Å². The number of rotatable bonds is 27. The lowest BCUT2D eigenvalue weighted by atomic mass is 9.97. The number of carbonyl (C=O) groups excluding carboxylic acids is 8. The molecule has 0 aliphatic carbocycles. The molecule has 0 spiro atoms. The van der Waals surface area contributed by atoms with Crippen LogP contribution in [-0.2, 0) is 70.5 Å². The summed E-state index contributed by atoms with van der Waals surface area (Å²) in [6, 6.07) is 19.1. The summed E-state index contributed by atoms with van der Waals surface area (Å²) in [5, 5.41) is 28.5. The third-order valence-electron chi connectivity index (χ3n) is 12.8. The van der Waals surface area contributed by atoms with Gasteiger partial charge in [0.15, 0.2) is 0 Å². The maximum absolute atomic E-state index is 14.6. The van der Waals surface area contributed by atoms with Crippen molar-refractivity contribution in [3.05, 3.63) is 144 Å². The van der Waals surface area contributed by atoms with Gasteiger partial charge in [0.25, 0.3) is 0 Å². The van der Waals surface area contributed by atoms with Crippen LogP contribution >= 0.6 is 0 Å². The first-order valence-electron chi connectivity index (χ1n) is 25.1. The molecule has 21 heteroatoms. The molecule has 1 fully saturated rings. The summed E-state index contributed by atoms with van der Waals surface area (Å²) in [5.41, 5.74) is 8.92. The number of aromatic nitrogens is 4. The third kappa shape index (κ3) is 17.5. The number of hydrogen-bond donors (Lipinski definition) is 10. The number of aromatic amines is 2. The molecule has 6 rings (SSSR count). The molecule has 11 N–H and O–H groups in total. The second-order valence-corrected chi connectivity index (χ2v) is 19.3. The van der Waals surface area contributed by atoms with E-state index in [1.54, 1.807) is 91.1 Å². The highest BCUT2D eigenvalue weighted by atomic mass is 16.3. The van der Waals surface area contributed by atoms with Gasteiger partial charge in [-0.3, -0.25) is 38.4 Å². The molecule has 1 aliphatic rings. The number of carbonyl (C=O) groups is 8. The van der Waals surface area contributed by atoms with Crippen LogP contribution in [-0.4, -0.2) is 132 Å². The molecule has 0 radical (unpaired) electrons. The number of primary amides is 1. The Morgan fingerprint density at radius 2 is 1.12 bits per heavy atom. The van der Waals surface area contributed by atoms with Crippen molar-refractivity contribution >= 4 is 47.3 Å². The summed E-state index contributed by atoms with van der Waals surface area (Å²) < 4.78 is 0. The van der Waals surface area contributed by atoms with Gasteiger partial charge in [0, 0.05) is 62.9 Å². The minimum Gasteiger partial charge on any atom is -0.390 e. The predicted octanol–water partition coefficient (Wildman–Crippen LogP) is 0.848. The third-order valence-corrected chi connectivity index (χ3v) is 12.8. The van der Waals surface area contributed by atoms with Crippen LogP contribution in [0.4, 0.5) is 0 Å². The first-order chi connectivity index (χ1) is 36.0. The number of aliphatic hydroxyl groups excluding tert-OH is 1. The standard InChI is InChI=1S/C54H68N12O9/c1-33(2)22-42(50(71)63-41(49(55)70)24-36-16-9-5-10-17-36)61-48(69)28-47(68)40(23-35-14-7-4-8-15-35)62-52(73)44(26-38-29-56-31-58-38)64-51(72)43(25-37-18-11-6-12-19-37)65-53(74)46-20-13-21-66(46)54(75)45(60-34(3)67)27-39-30-57-32-59-39/h4-12,14-19,29-33,40-47,68H,13,20-28H2,1-3H3,(H2,55,70)(H,56,58)(H,57,59)(H,60,67)(H,61,69)(H,62,73)(H,63,71)(H,64,72)(H,65,74)/t40-,41-,42-,43-,44-,45-,46+,47-/m0/s1. The Morgan fingerprint density at radius 1 is 0.627 bits per heavy atom. The fraction of sp³-hybridized carbons (Fsp3) is 0.407. The number of aliphatic hydroxyl groups is 1. The minimum absolute atomic E-state index is 0.00230. The van der Waals surface area contributed by atoms with Crippen LogP contribution in [0.3, 0.4) is 0 Å². The van der Waals surface area contributed by atoms with Crippen molar-refractivity contribution in [3.8, 4) is 0 Å². The fourth-order valence-corrected chi connectivity index (χ4v) is 9.06. The van der Waals surface area contributed by atoms with Crippen LogP contribution in [0.2, 0.25) is 0 Å². The molecular formula is C54H68N12O9. The number of H-pyrrole nitrogens is 2. The van der Waals surface area contributed by atoms with Gasteiger partial charge in [0.05, 0.1) is 31.2 Å². The number of benzene rings is 3. The molecular weight excluding hydrogens is 961 g/mol. The van der Waals surface area contributed by atoms with Gasteiger partial charge in [0.1, 0.15) is 36.3 Å². The van der Waals surface area contributed by atoms with E-state index >= 15 is 0 Å². The zero-order valence-corrected chi connectivity index (χ0v) is 42.4. The lowest BCUT2D eigenvalue weighted by molar-refractivity contribution is -0.142. The van der Waals surface area contributed by atoms with E-state index in [1.165, 1.54) is 30.7 Å². The minimum atomic E-state index is -1.52. The zero-order chi connectivity index (χ0) is 53.9. The van der Waals surface area contributed by atoms with Gasteiger partial charge in [-0.2, -0.15) is 0 Å². The summed E-state index contributed by atoms with van der Waals surface area (Å²) in [4.78, 5) is 125. The monoisotopic (exact) mass is 1030 g/mol. The predicted molar refractivity (Wildman–Crippen MR) is 276 cm³/mol. The van der Waals surface area contributed by atoms with Crippen molar-refractivity contribution in [2.24, 2.45) is 11.7 Å². The van der Waals surface area contributed by atoms with Crippen LogP contribution < -0.4 is 37.6 Å². The molecule has 3 aromatic carbocycles. The molecule has 1 saturated heterocycles. The zero-order valence-electron chi connectivity index (χ0n) is 42.4. The van der Waals surface area contributed by atoms with Gasteiger partial charge in [0.2, 0.25) is 47.3 Å². The van der Waals surface area contributed by atoms with Gasteiger partial charge in [-0.1, -0.05) is 105 Å². The van der Waals surface area contributed by atoms with Crippen molar-refractivity contribution in [1.29, 1.82) is 0 Å². The molecule has 0 unspecified atom stereocenters. The highest BCUT2D eigenvalue weighted by Gasteiger charge is 2.40. The van der Waals surface area contributed by atoms with Gasteiger partial charge in [-0.15, -0.1) is 0 Å². The Hall–Kier alpha value is -8.20. The number of nitrogens with two attached hydrogens (primary N) is 1. The van der Waals surface area contributed by atoms with Crippen molar-refractivity contribution < 1.29 is 43.5 Å². The molecule has 0 saturated carbocycles. The van der Waals surface area contributed by atoms with E-state index in [0.29, 0.717) is 28.9 Å². The van der Waals surface area contributed by atoms with Crippen LogP contribution in [0.15, 0.2) is 116 Å². The summed E-state index contributed by atoms with van der Waals surface area (Å²) in [5.74, 6) is -5.14. The second-order valence-electron chi connectivity index (χ2n) is 19.3. The lowest BCUT2D eigenvalue weighted by Gasteiger charge is -2.30. The average molecular weight is 1030 g/mol. The van der Waals surface area contributed by atoms with Crippen molar-refractivity contribution in [2.75, 3.05) is 6.54 Å². The number of imidazole rings is 2. The van der Waals surface area contributed by atoms with E-state index in [4.69, 9.17) is 5.73 Å². The largest absolute Gasteiger partial charge is 0.390 e. The maximum atomic E-state index is 14.6. The molecule has 2 aromatic heterocycles. The molecule has 0 bridgehead atoms. The maximum Gasteiger partial charge on any atom is 0.246 e. The van der Waals surface area contributed by atoms with E-state index in [2.05, 4.69) is 51.8 Å². The van der Waals surface area contributed by atoms with Crippen molar-refractivity contribution in [3.63, 3.8) is 0 Å². The van der Waals surface area contributed by atoms with Crippen LogP contribution in [0, 0.1) is 5.92 Å². The Bertz CT molecular complexity index is 2660. The fourth-order valence-electron chi connectivity index (χ4n) is 9.06. The van der Waals surface area contributed by atoms with Crippen LogP contribution in [0.25, 0.3) is 0 Å². The first kappa shape index (κ1) is 56.1. The Kier molecular flexibility index (Phi) is 20.8. The molecule has 3 heterocycles. The van der Waals surface area contributed by atoms with Gasteiger partial charge < -0.3 is 57.6 Å². The number of likely N-dealkylation sites (tertiary alicyclic amines) is 1. The molecule has 398 valence electrons. The second kappa shape index (κ2) is 27.7. The van der Waals surface area contributed by atoms with Gasteiger partial charge >= 0.3 is 0 Å². The SMILES string of the molecule is CC(=O)N[C@@H](Cc1cnc[nH]1)C(=O)N1CCC[C@@H]1C(=O)N[C@@H](Cc1ccccc1)C(=O)N[C@@H](Cc1cnc[nH]1)C(=O)N[C@@H](Cc1ccccc1)[C@@H](O)CC(=O)N[C@@H](CC(C)C)C(=O)N[C@@H](Cc1ccccc1)C(N)=O. The number of nitrogens with one attached hydrogen (secondary N) is 8. The topological polar surface area (TPSA) is 316 Å². The van der Waals surface area contributed by atoms with Gasteiger partial charge in [-0.05, 0) is 48.3 Å². The smallest absolute Gasteiger partial charge is 0.246 e. The Balaban J connectivity index is 1.19. The van der Waals surface area contributed by atoms with Crippen molar-refractivity contribution in [2.45, 2.75) is 127 Å². The molecule has 75 heavy (non-hydrogen) atoms. The van der Waals surface area contributed by atoms with E-state index in [1.807, 2.05) is 19.9 Å². The first-order valence-corrected chi connectivity index (χ1v) is 25.1. The summed E-state index contributed by atoms with van der Waals surface area (Å²) >= 11 is 0. The number of nitrogens with zero attached hydrogens (tertiary/aromatic N) is 3. The highest BCUT2D eigenvalue weighted by molar-refractivity contribution is 5.96. The van der Waals surface area contributed by atoms with Crippen LogP contribution in [0.1, 0.15) is 74.5 Å².